The largest absolute Gasteiger partial charge is 0.453 e. The summed E-state index contributed by atoms with van der Waals surface area (Å²) in [6, 6.07) is 13.6. The molecule has 53 heavy (non-hydrogen) atoms. The van der Waals surface area contributed by atoms with E-state index in [2.05, 4.69) is 25.9 Å². The van der Waals surface area contributed by atoms with Crippen LogP contribution in [0.15, 0.2) is 54.7 Å². The van der Waals surface area contributed by atoms with Crippen molar-refractivity contribution in [1.82, 2.24) is 35.7 Å². The quantitative estimate of drug-likeness (QED) is 0.204. The molecule has 14 nitrogen and oxygen atoms in total. The van der Waals surface area contributed by atoms with Crippen molar-refractivity contribution in [3.8, 4) is 22.4 Å². The summed E-state index contributed by atoms with van der Waals surface area (Å²) in [6.45, 7) is 8.97. The normalized spacial score (nSPS) is 18.1. The fourth-order valence-corrected chi connectivity index (χ4v) is 7.03. The number of nitrogens with zero attached hydrogens (tertiary/aromatic N) is 3. The first-order valence-electron chi connectivity index (χ1n) is 18.3. The number of alkyl carbamates (subject to hydrolysis) is 2. The molecule has 0 unspecified atom stereocenters. The van der Waals surface area contributed by atoms with Crippen LogP contribution in [-0.2, 0) is 19.1 Å². The number of amides is 5. The standard InChI is InChI=1S/C39H51N7O7/c1-23(2)32(43-38(50)52-5)36(48)45-19-7-9-29(45)21-41-35(47)28-17-13-26(14-18-28)25-11-15-27(16-12-25)30-22-40-34(42-30)31-10-8-20-46(31)37(49)33(24(3)4)44-39(51)53-6/h11-18,22-24,29,31-33H,7-10,19-21H2,1-6H3,(H,40,42)(H,41,47)(H,43,50)(H,44,51)/t29-,31-,32-,33-/m0/s1. The summed E-state index contributed by atoms with van der Waals surface area (Å²) in [4.78, 5) is 75.2. The molecule has 284 valence electrons. The molecule has 2 aromatic carbocycles. The van der Waals surface area contributed by atoms with Crippen molar-refractivity contribution >= 4 is 29.9 Å². The molecule has 1 aromatic heterocycles. The Balaban J connectivity index is 1.18. The van der Waals surface area contributed by atoms with Gasteiger partial charge in [0.05, 0.1) is 32.2 Å². The molecule has 5 amide bonds. The highest BCUT2D eigenvalue weighted by atomic mass is 16.5. The Hall–Kier alpha value is -5.40. The van der Waals surface area contributed by atoms with Crippen LogP contribution in [0.2, 0.25) is 0 Å². The van der Waals surface area contributed by atoms with Gasteiger partial charge in [-0.25, -0.2) is 14.6 Å². The van der Waals surface area contributed by atoms with E-state index in [1.54, 1.807) is 28.1 Å². The molecule has 4 atom stereocenters. The Morgan fingerprint density at radius 1 is 0.755 bits per heavy atom. The lowest BCUT2D eigenvalue weighted by Crippen LogP contribution is -2.54. The Bertz CT molecular complexity index is 1760. The molecule has 2 aliphatic rings. The monoisotopic (exact) mass is 729 g/mol. The number of nitrogens with one attached hydrogen (secondary N) is 4. The second-order valence-electron chi connectivity index (χ2n) is 14.3. The molecule has 3 heterocycles. The van der Waals surface area contributed by atoms with Gasteiger partial charge in [-0.2, -0.15) is 0 Å². The summed E-state index contributed by atoms with van der Waals surface area (Å²) in [5.41, 5.74) is 4.20. The van der Waals surface area contributed by atoms with Crippen LogP contribution in [0.3, 0.4) is 0 Å². The highest BCUT2D eigenvalue weighted by Gasteiger charge is 2.38. The van der Waals surface area contributed by atoms with E-state index in [9.17, 15) is 24.0 Å². The number of rotatable bonds is 12. The zero-order chi connectivity index (χ0) is 38.2. The third-order valence-corrected chi connectivity index (χ3v) is 10.1. The maximum atomic E-state index is 13.5. The van der Waals surface area contributed by atoms with Gasteiger partial charge in [-0.3, -0.25) is 14.4 Å². The second-order valence-corrected chi connectivity index (χ2v) is 14.3. The minimum Gasteiger partial charge on any atom is -0.453 e. The minimum atomic E-state index is -0.709. The summed E-state index contributed by atoms with van der Waals surface area (Å²) >= 11 is 0. The van der Waals surface area contributed by atoms with Crippen LogP contribution < -0.4 is 16.0 Å². The van der Waals surface area contributed by atoms with Crippen molar-refractivity contribution in [1.29, 1.82) is 0 Å². The summed E-state index contributed by atoms with van der Waals surface area (Å²) < 4.78 is 9.44. The first-order valence-corrected chi connectivity index (χ1v) is 18.3. The number of hydrogen-bond acceptors (Lipinski definition) is 8. The molecule has 2 aliphatic heterocycles. The second kappa shape index (κ2) is 17.4. The van der Waals surface area contributed by atoms with Crippen LogP contribution in [0.4, 0.5) is 9.59 Å². The lowest BCUT2D eigenvalue weighted by molar-refractivity contribution is -0.136. The molecule has 0 spiro atoms. The Morgan fingerprint density at radius 2 is 1.26 bits per heavy atom. The number of aromatic nitrogens is 2. The van der Waals surface area contributed by atoms with Gasteiger partial charge in [0, 0.05) is 31.2 Å². The zero-order valence-electron chi connectivity index (χ0n) is 31.3. The molecule has 4 N–H and O–H groups in total. The van der Waals surface area contributed by atoms with Gasteiger partial charge in [-0.1, -0.05) is 64.1 Å². The fourth-order valence-electron chi connectivity index (χ4n) is 7.03. The summed E-state index contributed by atoms with van der Waals surface area (Å²) in [5.74, 6) is -0.0964. The van der Waals surface area contributed by atoms with Crippen molar-refractivity contribution in [2.45, 2.75) is 77.5 Å². The number of carbonyl (C=O) groups excluding carboxylic acids is 5. The van der Waals surface area contributed by atoms with Crippen LogP contribution in [0.5, 0.6) is 0 Å². The maximum Gasteiger partial charge on any atom is 0.407 e. The topological polar surface area (TPSA) is 175 Å². The fraction of sp³-hybridized carbons (Fsp3) is 0.487. The number of H-pyrrole nitrogens is 1. The summed E-state index contributed by atoms with van der Waals surface area (Å²) in [6.07, 6.45) is 3.67. The average molecular weight is 730 g/mol. The molecule has 5 rings (SSSR count). The van der Waals surface area contributed by atoms with Crippen molar-refractivity contribution in [2.75, 3.05) is 33.9 Å². The Kier molecular flexibility index (Phi) is 12.8. The molecule has 3 aromatic rings. The predicted molar refractivity (Wildman–Crippen MR) is 199 cm³/mol. The van der Waals surface area contributed by atoms with E-state index < -0.39 is 24.3 Å². The van der Waals surface area contributed by atoms with Gasteiger partial charge in [0.15, 0.2) is 0 Å². The minimum absolute atomic E-state index is 0.114. The smallest absolute Gasteiger partial charge is 0.407 e. The summed E-state index contributed by atoms with van der Waals surface area (Å²) in [7, 11) is 2.54. The van der Waals surface area contributed by atoms with E-state index in [1.165, 1.54) is 14.2 Å². The van der Waals surface area contributed by atoms with Crippen LogP contribution in [0.1, 0.15) is 75.6 Å². The highest BCUT2D eigenvalue weighted by molar-refractivity contribution is 5.95. The number of methoxy groups -OCH3 is 2. The third-order valence-electron chi connectivity index (χ3n) is 10.1. The number of aromatic amines is 1. The number of benzene rings is 2. The van der Waals surface area contributed by atoms with E-state index in [0.29, 0.717) is 31.0 Å². The van der Waals surface area contributed by atoms with Crippen molar-refractivity contribution in [3.05, 3.63) is 66.1 Å². The Labute approximate surface area is 310 Å². The van der Waals surface area contributed by atoms with E-state index >= 15 is 0 Å². The zero-order valence-corrected chi connectivity index (χ0v) is 31.3. The lowest BCUT2D eigenvalue weighted by Gasteiger charge is -2.30. The van der Waals surface area contributed by atoms with Crippen LogP contribution in [0, 0.1) is 11.8 Å². The molecule has 2 saturated heterocycles. The average Bonchev–Trinajstić information content (AvgIpc) is 3.96. The van der Waals surface area contributed by atoms with Gasteiger partial charge >= 0.3 is 12.2 Å². The first-order chi connectivity index (χ1) is 25.4. The van der Waals surface area contributed by atoms with E-state index in [1.807, 2.05) is 64.1 Å². The van der Waals surface area contributed by atoms with Gasteiger partial charge < -0.3 is 40.2 Å². The van der Waals surface area contributed by atoms with Crippen molar-refractivity contribution in [3.63, 3.8) is 0 Å². The number of imidazole rings is 1. The van der Waals surface area contributed by atoms with E-state index in [-0.39, 0.29) is 41.6 Å². The number of carbonyl (C=O) groups is 5. The summed E-state index contributed by atoms with van der Waals surface area (Å²) in [5, 5.41) is 8.31. The SMILES string of the molecule is COC(=O)N[C@H](C(=O)N1CCC[C@H]1CNC(=O)c1ccc(-c2ccc(-c3cnc([C@@H]4CCCN4C(=O)[C@@H](NC(=O)OC)C(C)C)[nH]3)cc2)cc1)C(C)C. The molecule has 0 radical (unpaired) electrons. The number of likely N-dealkylation sites (tertiary alicyclic amines) is 2. The molecule has 0 saturated carbocycles. The molecular weight excluding hydrogens is 678 g/mol. The van der Waals surface area contributed by atoms with Crippen LogP contribution in [0.25, 0.3) is 22.4 Å². The number of hydrogen-bond donors (Lipinski definition) is 4. The highest BCUT2D eigenvalue weighted by Crippen LogP contribution is 2.33. The van der Waals surface area contributed by atoms with Crippen molar-refractivity contribution < 1.29 is 33.4 Å². The van der Waals surface area contributed by atoms with Crippen LogP contribution >= 0.6 is 0 Å². The van der Waals surface area contributed by atoms with E-state index in [4.69, 9.17) is 9.47 Å². The van der Waals surface area contributed by atoms with Crippen molar-refractivity contribution in [2.24, 2.45) is 11.8 Å². The molecule has 2 fully saturated rings. The lowest BCUT2D eigenvalue weighted by atomic mass is 10.0. The van der Waals surface area contributed by atoms with Gasteiger partial charge in [0.25, 0.3) is 5.91 Å². The Morgan fingerprint density at radius 3 is 1.83 bits per heavy atom. The molecule has 0 bridgehead atoms. The van der Waals surface area contributed by atoms with Gasteiger partial charge in [-0.05, 0) is 66.3 Å². The van der Waals surface area contributed by atoms with Gasteiger partial charge in [-0.15, -0.1) is 0 Å². The molecule has 14 heteroatoms. The molecular formula is C39H51N7O7. The maximum absolute atomic E-state index is 13.5. The third kappa shape index (κ3) is 9.16. The van der Waals surface area contributed by atoms with E-state index in [0.717, 1.165) is 48.1 Å². The molecule has 0 aliphatic carbocycles. The number of ether oxygens (including phenoxy) is 2. The van der Waals surface area contributed by atoms with Gasteiger partial charge in [0.1, 0.15) is 17.9 Å². The predicted octanol–water partition coefficient (Wildman–Crippen LogP) is 4.89. The van der Waals surface area contributed by atoms with Gasteiger partial charge in [0.2, 0.25) is 11.8 Å². The van der Waals surface area contributed by atoms with Crippen LogP contribution in [-0.4, -0.2) is 102 Å². The first kappa shape index (κ1) is 38.8.